The van der Waals surface area contributed by atoms with Crippen LogP contribution >= 0.6 is 0 Å². The topological polar surface area (TPSA) is 90.1 Å². The minimum atomic E-state index is -0.876. The Hall–Kier alpha value is -1.50. The Kier molecular flexibility index (Phi) is 4.84. The fraction of sp³-hybridized carbons (Fsp3) is 0.833. The second-order valence-corrected chi connectivity index (χ2v) is 5.01. The fourth-order valence-electron chi connectivity index (χ4n) is 2.60. The molecular formula is C12H20N4O3. The standard InChI is InChI=1S/C12H20N4O3/c1-19-10(7-11(17)18)8-16-12(13-14-15-16)9-5-3-2-4-6-9/h9-10H,2-8H2,1H3,(H,17,18). The smallest absolute Gasteiger partial charge is 0.306 e. The lowest BCUT2D eigenvalue weighted by atomic mass is 9.89. The molecule has 0 spiro atoms. The molecule has 0 aliphatic heterocycles. The van der Waals surface area contributed by atoms with Gasteiger partial charge >= 0.3 is 5.97 Å². The third-order valence-electron chi connectivity index (χ3n) is 3.64. The molecule has 1 fully saturated rings. The molecule has 1 aromatic heterocycles. The van der Waals surface area contributed by atoms with Gasteiger partial charge in [0.15, 0.2) is 5.82 Å². The summed E-state index contributed by atoms with van der Waals surface area (Å²) in [6.07, 6.45) is 5.47. The molecule has 0 bridgehead atoms. The van der Waals surface area contributed by atoms with Gasteiger partial charge in [0, 0.05) is 13.0 Å². The van der Waals surface area contributed by atoms with E-state index in [0.717, 1.165) is 18.7 Å². The fourth-order valence-corrected chi connectivity index (χ4v) is 2.60. The first-order valence-electron chi connectivity index (χ1n) is 6.71. The lowest BCUT2D eigenvalue weighted by molar-refractivity contribution is -0.140. The van der Waals surface area contributed by atoms with Crippen LogP contribution in [-0.4, -0.2) is 44.5 Å². The molecule has 1 unspecified atom stereocenters. The Morgan fingerprint density at radius 3 is 2.84 bits per heavy atom. The lowest BCUT2D eigenvalue weighted by Gasteiger charge is -2.21. The largest absolute Gasteiger partial charge is 0.481 e. The Bertz CT molecular complexity index is 415. The van der Waals surface area contributed by atoms with Gasteiger partial charge in [-0.2, -0.15) is 0 Å². The van der Waals surface area contributed by atoms with Crippen LogP contribution < -0.4 is 0 Å². The number of rotatable bonds is 6. The molecule has 1 atom stereocenters. The van der Waals surface area contributed by atoms with Crippen molar-refractivity contribution in [2.45, 2.75) is 57.1 Å². The van der Waals surface area contributed by atoms with Crippen molar-refractivity contribution in [1.29, 1.82) is 0 Å². The SMILES string of the molecule is COC(CC(=O)O)Cn1nnnc1C1CCCCC1. The number of ether oxygens (including phenoxy) is 1. The molecule has 0 aromatic carbocycles. The molecule has 0 saturated heterocycles. The van der Waals surface area contributed by atoms with Crippen LogP contribution in [-0.2, 0) is 16.1 Å². The Balaban J connectivity index is 2.03. The minimum absolute atomic E-state index is 0.0412. The summed E-state index contributed by atoms with van der Waals surface area (Å²) in [5, 5.41) is 20.6. The van der Waals surface area contributed by atoms with Crippen molar-refractivity contribution >= 4 is 5.97 Å². The number of hydrogen-bond acceptors (Lipinski definition) is 5. The van der Waals surface area contributed by atoms with E-state index in [0.29, 0.717) is 12.5 Å². The Morgan fingerprint density at radius 1 is 1.47 bits per heavy atom. The van der Waals surface area contributed by atoms with E-state index in [2.05, 4.69) is 15.5 Å². The maximum atomic E-state index is 10.7. The predicted octanol–water partition coefficient (Wildman–Crippen LogP) is 1.21. The molecule has 7 heteroatoms. The van der Waals surface area contributed by atoms with Crippen LogP contribution in [0.2, 0.25) is 0 Å². The van der Waals surface area contributed by atoms with Crippen LogP contribution in [0, 0.1) is 0 Å². The van der Waals surface area contributed by atoms with Gasteiger partial charge in [-0.1, -0.05) is 19.3 Å². The molecule has 1 heterocycles. The van der Waals surface area contributed by atoms with Gasteiger partial charge in [-0.25, -0.2) is 4.68 Å². The highest BCUT2D eigenvalue weighted by Crippen LogP contribution is 2.31. The van der Waals surface area contributed by atoms with E-state index in [-0.39, 0.29) is 6.42 Å². The van der Waals surface area contributed by atoms with Crippen molar-refractivity contribution in [2.75, 3.05) is 7.11 Å². The number of carboxylic acid groups (broad SMARTS) is 1. The number of methoxy groups -OCH3 is 1. The number of nitrogens with zero attached hydrogens (tertiary/aromatic N) is 4. The molecule has 1 aromatic rings. The molecule has 7 nitrogen and oxygen atoms in total. The highest BCUT2D eigenvalue weighted by Gasteiger charge is 2.23. The molecule has 0 amide bonds. The van der Waals surface area contributed by atoms with Crippen LogP contribution in [0.25, 0.3) is 0 Å². The summed E-state index contributed by atoms with van der Waals surface area (Å²) in [5.74, 6) is 0.386. The zero-order valence-corrected chi connectivity index (χ0v) is 11.2. The first-order chi connectivity index (χ1) is 9.20. The molecule has 0 radical (unpaired) electrons. The van der Waals surface area contributed by atoms with Gasteiger partial charge in [-0.3, -0.25) is 4.79 Å². The van der Waals surface area contributed by atoms with Gasteiger partial charge in [0.1, 0.15) is 0 Å². The number of tetrazole rings is 1. The summed E-state index contributed by atoms with van der Waals surface area (Å²) >= 11 is 0. The van der Waals surface area contributed by atoms with Crippen molar-refractivity contribution in [3.63, 3.8) is 0 Å². The van der Waals surface area contributed by atoms with Crippen LogP contribution in [0.15, 0.2) is 0 Å². The number of carboxylic acids is 1. The monoisotopic (exact) mass is 268 g/mol. The van der Waals surface area contributed by atoms with Crippen LogP contribution in [0.1, 0.15) is 50.3 Å². The Morgan fingerprint density at radius 2 is 2.21 bits per heavy atom. The van der Waals surface area contributed by atoms with Gasteiger partial charge in [0.05, 0.1) is 19.1 Å². The van der Waals surface area contributed by atoms with Gasteiger partial charge < -0.3 is 9.84 Å². The van der Waals surface area contributed by atoms with E-state index >= 15 is 0 Å². The molecule has 1 aliphatic carbocycles. The average Bonchev–Trinajstić information content (AvgIpc) is 2.86. The van der Waals surface area contributed by atoms with Gasteiger partial charge in [0.2, 0.25) is 0 Å². The third-order valence-corrected chi connectivity index (χ3v) is 3.64. The van der Waals surface area contributed by atoms with Crippen molar-refractivity contribution in [3.8, 4) is 0 Å². The summed E-state index contributed by atoms with van der Waals surface area (Å²) in [6, 6.07) is 0. The zero-order valence-electron chi connectivity index (χ0n) is 11.2. The summed E-state index contributed by atoms with van der Waals surface area (Å²) in [6.45, 7) is 0.391. The summed E-state index contributed by atoms with van der Waals surface area (Å²) in [5.41, 5.74) is 0. The van der Waals surface area contributed by atoms with Crippen LogP contribution in [0.4, 0.5) is 0 Å². The number of hydrogen-bond donors (Lipinski definition) is 1. The van der Waals surface area contributed by atoms with Crippen LogP contribution in [0.5, 0.6) is 0 Å². The van der Waals surface area contributed by atoms with E-state index in [4.69, 9.17) is 9.84 Å². The average molecular weight is 268 g/mol. The molecule has 1 aliphatic rings. The highest BCUT2D eigenvalue weighted by atomic mass is 16.5. The summed E-state index contributed by atoms with van der Waals surface area (Å²) in [7, 11) is 1.51. The van der Waals surface area contributed by atoms with Crippen LogP contribution in [0.3, 0.4) is 0 Å². The first kappa shape index (κ1) is 13.9. The Labute approximate surface area is 111 Å². The number of aromatic nitrogens is 4. The van der Waals surface area contributed by atoms with E-state index in [1.54, 1.807) is 4.68 Å². The van der Waals surface area contributed by atoms with E-state index in [9.17, 15) is 4.79 Å². The normalized spacial score (nSPS) is 18.4. The maximum Gasteiger partial charge on any atom is 0.306 e. The predicted molar refractivity (Wildman–Crippen MR) is 66.7 cm³/mol. The van der Waals surface area contributed by atoms with Crippen molar-refractivity contribution < 1.29 is 14.6 Å². The van der Waals surface area contributed by atoms with E-state index in [1.165, 1.54) is 26.4 Å². The quantitative estimate of drug-likeness (QED) is 0.834. The zero-order chi connectivity index (χ0) is 13.7. The second kappa shape index (κ2) is 6.60. The molecule has 19 heavy (non-hydrogen) atoms. The highest BCUT2D eigenvalue weighted by molar-refractivity contribution is 5.67. The maximum absolute atomic E-state index is 10.7. The third kappa shape index (κ3) is 3.73. The number of aliphatic carboxylic acids is 1. The molecular weight excluding hydrogens is 248 g/mol. The van der Waals surface area contributed by atoms with Gasteiger partial charge in [-0.15, -0.1) is 5.10 Å². The van der Waals surface area contributed by atoms with Crippen molar-refractivity contribution in [3.05, 3.63) is 5.82 Å². The molecule has 1 N–H and O–H groups in total. The summed E-state index contributed by atoms with van der Waals surface area (Å²) in [4.78, 5) is 10.7. The number of carbonyl (C=O) groups is 1. The van der Waals surface area contributed by atoms with Crippen molar-refractivity contribution in [2.24, 2.45) is 0 Å². The molecule has 1 saturated carbocycles. The first-order valence-corrected chi connectivity index (χ1v) is 6.71. The van der Waals surface area contributed by atoms with E-state index < -0.39 is 12.1 Å². The lowest BCUT2D eigenvalue weighted by Crippen LogP contribution is -2.25. The second-order valence-electron chi connectivity index (χ2n) is 5.01. The minimum Gasteiger partial charge on any atom is -0.481 e. The molecule has 106 valence electrons. The van der Waals surface area contributed by atoms with Crippen molar-refractivity contribution in [1.82, 2.24) is 20.2 Å². The molecule has 2 rings (SSSR count). The summed E-state index contributed by atoms with van der Waals surface area (Å²) < 4.78 is 6.88. The van der Waals surface area contributed by atoms with Gasteiger partial charge in [-0.05, 0) is 23.3 Å². The van der Waals surface area contributed by atoms with E-state index in [1.807, 2.05) is 0 Å². The van der Waals surface area contributed by atoms with Gasteiger partial charge in [0.25, 0.3) is 0 Å².